The third-order valence-electron chi connectivity index (χ3n) is 9.86. The molecule has 55 heavy (non-hydrogen) atoms. The largest absolute Gasteiger partial charge is 0.382 e. The highest BCUT2D eigenvalue weighted by atomic mass is 79.9. The Bertz CT molecular complexity index is 1920. The van der Waals surface area contributed by atoms with Crippen molar-refractivity contribution in [2.45, 2.75) is 19.3 Å². The van der Waals surface area contributed by atoms with Crippen LogP contribution in [-0.4, -0.2) is 89.1 Å². The van der Waals surface area contributed by atoms with E-state index in [4.69, 9.17) is 23.1 Å². The second kappa shape index (κ2) is 19.1. The van der Waals surface area contributed by atoms with E-state index in [1.165, 1.54) is 64.0 Å². The van der Waals surface area contributed by atoms with Crippen LogP contribution in [-0.2, 0) is 0 Å². The van der Waals surface area contributed by atoms with Crippen LogP contribution < -0.4 is 26.6 Å². The summed E-state index contributed by atoms with van der Waals surface area (Å²) in [4.78, 5) is 45.3. The molecule has 290 valence electrons. The number of hydrogen-bond acceptors (Lipinski definition) is 15. The van der Waals surface area contributed by atoms with Crippen molar-refractivity contribution in [1.29, 1.82) is 0 Å². The van der Waals surface area contributed by atoms with Gasteiger partial charge in [0.25, 0.3) is 0 Å². The Morgan fingerprint density at radius 1 is 0.527 bits per heavy atom. The van der Waals surface area contributed by atoms with Crippen molar-refractivity contribution < 1.29 is 0 Å². The summed E-state index contributed by atoms with van der Waals surface area (Å²) in [6.07, 6.45) is 20.8. The number of nitrogens with zero attached hydrogens (tertiary/aromatic N) is 12. The summed E-state index contributed by atoms with van der Waals surface area (Å²) in [6.45, 7) is 7.23. The molecule has 0 spiro atoms. The molecule has 6 unspecified atom stereocenters. The highest BCUT2D eigenvalue weighted by Gasteiger charge is 2.46. The first kappa shape index (κ1) is 41.2. The number of halogens is 5. The summed E-state index contributed by atoms with van der Waals surface area (Å²) in [5.41, 5.74) is 12.2. The van der Waals surface area contributed by atoms with Gasteiger partial charge in [0.2, 0.25) is 0 Å². The molecule has 5 N–H and O–H groups in total. The van der Waals surface area contributed by atoms with Crippen molar-refractivity contribution in [3.05, 3.63) is 80.9 Å². The number of hydrogen-bond donors (Lipinski definition) is 3. The fourth-order valence-electron chi connectivity index (χ4n) is 6.68. The first-order chi connectivity index (χ1) is 26.2. The number of nitrogens with two attached hydrogens (primary N) is 2. The average Bonchev–Trinajstić information content (AvgIpc) is 4.13. The molecule has 15 nitrogen and oxygen atoms in total. The van der Waals surface area contributed by atoms with Crippen LogP contribution in [0, 0.1) is 35.5 Å². The highest BCUT2D eigenvalue weighted by Crippen LogP contribution is 2.46. The number of fused-ring (bicyclic) bond motifs is 3. The summed E-state index contributed by atoms with van der Waals surface area (Å²) in [7, 11) is 0. The molecule has 11 rings (SSSR count). The molecule has 0 bridgehead atoms. The summed E-state index contributed by atoms with van der Waals surface area (Å²) in [5, 5.41) is 3.65. The molecule has 3 saturated heterocycles. The molecule has 3 aliphatic carbocycles. The van der Waals surface area contributed by atoms with E-state index in [1.807, 2.05) is 12.4 Å². The second-order valence-electron chi connectivity index (χ2n) is 14.0. The number of piperidine rings is 3. The van der Waals surface area contributed by atoms with Crippen molar-refractivity contribution in [3.63, 3.8) is 0 Å². The van der Waals surface area contributed by atoms with Gasteiger partial charge in [0.05, 0.1) is 62.0 Å². The molecule has 6 fully saturated rings. The second-order valence-corrected chi connectivity index (χ2v) is 16.8. The van der Waals surface area contributed by atoms with E-state index in [-0.39, 0.29) is 12.4 Å². The quantitative estimate of drug-likeness (QED) is 0.189. The maximum absolute atomic E-state index is 5.62. The van der Waals surface area contributed by atoms with Gasteiger partial charge >= 0.3 is 0 Å². The van der Waals surface area contributed by atoms with Gasteiger partial charge in [-0.2, -0.15) is 0 Å². The highest BCUT2D eigenvalue weighted by molar-refractivity contribution is 9.11. The van der Waals surface area contributed by atoms with Crippen LogP contribution in [0.1, 0.15) is 19.3 Å². The lowest BCUT2D eigenvalue weighted by Gasteiger charge is -2.18. The Kier molecular flexibility index (Phi) is 14.4. The first-order valence-corrected chi connectivity index (χ1v) is 20.4. The van der Waals surface area contributed by atoms with Gasteiger partial charge in [0.15, 0.2) is 0 Å². The van der Waals surface area contributed by atoms with Crippen LogP contribution in [0.4, 0.5) is 23.3 Å². The van der Waals surface area contributed by atoms with Gasteiger partial charge in [-0.3, -0.25) is 9.97 Å². The molecule has 0 amide bonds. The third-order valence-corrected chi connectivity index (χ3v) is 11.3. The van der Waals surface area contributed by atoms with E-state index in [0.717, 1.165) is 74.0 Å². The fraction of sp³-hybridized carbons (Fsp3) is 0.429. The molecule has 0 aromatic carbocycles. The minimum Gasteiger partial charge on any atom is -0.382 e. The maximum Gasteiger partial charge on any atom is 0.149 e. The van der Waals surface area contributed by atoms with Crippen LogP contribution in [0.15, 0.2) is 75.8 Å². The summed E-state index contributed by atoms with van der Waals surface area (Å²) in [6, 6.07) is 0. The number of aromatic nitrogens is 10. The molecule has 0 radical (unpaired) electrons. The molecule has 20 heteroatoms. The normalized spacial score (nSPS) is 23.9. The van der Waals surface area contributed by atoms with E-state index in [1.54, 1.807) is 31.0 Å². The van der Waals surface area contributed by atoms with E-state index in [0.29, 0.717) is 28.2 Å². The van der Waals surface area contributed by atoms with Gasteiger partial charge in [0, 0.05) is 26.2 Å². The molecular formula is C35H40Br3Cl2N15. The van der Waals surface area contributed by atoms with Crippen LogP contribution in [0.25, 0.3) is 11.4 Å². The van der Waals surface area contributed by atoms with E-state index in [2.05, 4.69) is 113 Å². The molecule has 5 aromatic rings. The Labute approximate surface area is 355 Å². The minimum atomic E-state index is 0. The van der Waals surface area contributed by atoms with E-state index in [9.17, 15) is 0 Å². The predicted octanol–water partition coefficient (Wildman–Crippen LogP) is 6.03. The number of nitrogens with one attached hydrogen (secondary N) is 1. The maximum atomic E-state index is 5.62. The molecule has 6 aliphatic rings. The van der Waals surface area contributed by atoms with Crippen LogP contribution >= 0.6 is 71.8 Å². The summed E-state index contributed by atoms with van der Waals surface area (Å²) < 4.78 is 2.31. The predicted molar refractivity (Wildman–Crippen MR) is 225 cm³/mol. The van der Waals surface area contributed by atoms with Crippen molar-refractivity contribution in [1.82, 2.24) is 55.2 Å². The lowest BCUT2D eigenvalue weighted by molar-refractivity contribution is 0.732. The molecule has 3 aliphatic heterocycles. The monoisotopic (exact) mass is 977 g/mol. The topological polar surface area (TPSA) is 199 Å². The SMILES string of the molecule is Brc1cnc(Br)cn1.Brc1cnc(N2CC3CC3C2)cn1.C1NCC2CC12.Cl.Nc1cncc(-c2cnc(N3CC4CC4C3)cn2)n1.Nc1cncc(Cl)n1. The smallest absolute Gasteiger partial charge is 0.149 e. The number of rotatable bonds is 3. The van der Waals surface area contributed by atoms with Gasteiger partial charge in [-0.05, 0) is 116 Å². The molecule has 6 atom stereocenters. The Hall–Kier alpha value is -3.42. The average molecular weight is 981 g/mol. The van der Waals surface area contributed by atoms with E-state index >= 15 is 0 Å². The summed E-state index contributed by atoms with van der Waals surface area (Å²) >= 11 is 15.0. The van der Waals surface area contributed by atoms with Crippen molar-refractivity contribution in [2.75, 3.05) is 60.5 Å². The van der Waals surface area contributed by atoms with Crippen molar-refractivity contribution >= 4 is 95.1 Å². The Morgan fingerprint density at radius 3 is 1.35 bits per heavy atom. The minimum absolute atomic E-state index is 0. The molecule has 3 saturated carbocycles. The molecule has 8 heterocycles. The summed E-state index contributed by atoms with van der Waals surface area (Å²) in [5.74, 6) is 8.59. The number of nitrogen functional groups attached to an aromatic ring is 2. The van der Waals surface area contributed by atoms with Gasteiger partial charge in [-0.1, -0.05) is 11.6 Å². The van der Waals surface area contributed by atoms with Gasteiger partial charge < -0.3 is 26.6 Å². The Morgan fingerprint density at radius 2 is 0.982 bits per heavy atom. The lowest BCUT2D eigenvalue weighted by Crippen LogP contribution is -2.22. The standard InChI is InChI=1S/C13H14N6.C9H10BrN3.C5H9N.C4H2Br2N2.C4H4ClN3.ClH/c14-12-4-15-2-11(18-12)10-3-17-13(5-16-10)19-6-8-1-9(8)7-19;10-8-2-12-9(3-11-8)13-4-6-1-7(6)5-13;1-4-2-6-3-5(1)4;5-3-1-7-4(6)2-8-3;5-3-1-7-2-4(6)8-3;/h2-5,8-9H,1,6-7H2,(H2,14,18);2-3,6-7H,1,4-5H2;4-6H,1-3H2;1-2H;1-2H,(H2,6,8);1H. The van der Waals surface area contributed by atoms with Gasteiger partial charge in [-0.25, -0.2) is 39.9 Å². The lowest BCUT2D eigenvalue weighted by atomic mass is 10.3. The fourth-order valence-corrected chi connectivity index (χ4v) is 7.45. The van der Waals surface area contributed by atoms with Crippen molar-refractivity contribution in [2.24, 2.45) is 35.5 Å². The molecule has 5 aromatic heterocycles. The van der Waals surface area contributed by atoms with Crippen molar-refractivity contribution in [3.8, 4) is 11.4 Å². The first-order valence-electron chi connectivity index (χ1n) is 17.6. The zero-order valence-corrected chi connectivity index (χ0v) is 35.9. The van der Waals surface area contributed by atoms with Crippen LogP contribution in [0.3, 0.4) is 0 Å². The van der Waals surface area contributed by atoms with Crippen LogP contribution in [0.5, 0.6) is 0 Å². The van der Waals surface area contributed by atoms with Crippen LogP contribution in [0.2, 0.25) is 5.15 Å². The van der Waals surface area contributed by atoms with Gasteiger partial charge in [0.1, 0.15) is 53.6 Å². The zero-order chi connectivity index (χ0) is 37.6. The van der Waals surface area contributed by atoms with Gasteiger partial charge in [-0.15, -0.1) is 12.4 Å². The molecular weight excluding hydrogens is 941 g/mol. The third kappa shape index (κ3) is 12.3. The Balaban J connectivity index is 0.000000124. The number of anilines is 4. The van der Waals surface area contributed by atoms with E-state index < -0.39 is 0 Å². The zero-order valence-electron chi connectivity index (χ0n) is 29.5.